The van der Waals surface area contributed by atoms with Crippen molar-refractivity contribution in [3.63, 3.8) is 0 Å². The summed E-state index contributed by atoms with van der Waals surface area (Å²) in [5.41, 5.74) is 7.04. The summed E-state index contributed by atoms with van der Waals surface area (Å²) in [5.74, 6) is -0.246. The molecule has 0 aliphatic heterocycles. The van der Waals surface area contributed by atoms with Crippen molar-refractivity contribution in [1.29, 1.82) is 5.26 Å². The van der Waals surface area contributed by atoms with Crippen LogP contribution in [0.3, 0.4) is 0 Å². The quantitative estimate of drug-likeness (QED) is 0.286. The fraction of sp³-hybridized carbons (Fsp3) is 0.219. The van der Waals surface area contributed by atoms with Gasteiger partial charge in [0.25, 0.3) is 5.91 Å². The molecule has 0 atom stereocenters. The maximum Gasteiger partial charge on any atom is 0.255 e. The third-order valence-electron chi connectivity index (χ3n) is 6.85. The van der Waals surface area contributed by atoms with Gasteiger partial charge >= 0.3 is 0 Å². The molecular weight excluding hydrogens is 484 g/mol. The number of aryl methyl sites for hydroxylation is 1. The molecule has 1 fully saturated rings. The molecule has 1 aliphatic carbocycles. The first-order valence-corrected chi connectivity index (χ1v) is 12.9. The molecule has 194 valence electrons. The van der Waals surface area contributed by atoms with Crippen molar-refractivity contribution in [2.75, 3.05) is 5.32 Å². The number of pyridine rings is 1. The number of anilines is 1. The van der Waals surface area contributed by atoms with Gasteiger partial charge in [-0.1, -0.05) is 24.8 Å². The van der Waals surface area contributed by atoms with Gasteiger partial charge in [-0.2, -0.15) is 5.26 Å². The summed E-state index contributed by atoms with van der Waals surface area (Å²) in [7, 11) is 0. The molecule has 0 bridgehead atoms. The van der Waals surface area contributed by atoms with E-state index in [1.54, 1.807) is 36.8 Å². The minimum atomic E-state index is -0.687. The predicted octanol–water partition coefficient (Wildman–Crippen LogP) is 6.29. The standard InChI is InChI=1S/C32H30N6O/c1-20-8-9-26(37-31(39)23-6-5-7-24(14-23)32(3,4)19-33)16-27(20)30-18-34-17-29(38-30)22-12-13-35-28(15-22)21(2)36-25-10-11-25/h5-9,12-18,25,36H,2,10-11H2,1,3-4H3,(H,37,39). The lowest BCUT2D eigenvalue weighted by Crippen LogP contribution is -2.17. The van der Waals surface area contributed by atoms with Crippen LogP contribution in [0.5, 0.6) is 0 Å². The minimum Gasteiger partial charge on any atom is -0.381 e. The Morgan fingerprint density at radius 1 is 1.08 bits per heavy atom. The molecule has 5 rings (SSSR count). The van der Waals surface area contributed by atoms with Gasteiger partial charge in [0.05, 0.1) is 46.7 Å². The topological polar surface area (TPSA) is 104 Å². The van der Waals surface area contributed by atoms with Gasteiger partial charge in [-0.15, -0.1) is 0 Å². The Morgan fingerprint density at radius 2 is 1.87 bits per heavy atom. The smallest absolute Gasteiger partial charge is 0.255 e. The predicted molar refractivity (Wildman–Crippen MR) is 154 cm³/mol. The van der Waals surface area contributed by atoms with Gasteiger partial charge in [0.15, 0.2) is 0 Å². The molecule has 2 N–H and O–H groups in total. The van der Waals surface area contributed by atoms with E-state index in [0.717, 1.165) is 52.2 Å². The molecule has 39 heavy (non-hydrogen) atoms. The molecule has 2 aromatic heterocycles. The van der Waals surface area contributed by atoms with Crippen LogP contribution in [0, 0.1) is 18.3 Å². The monoisotopic (exact) mass is 514 g/mol. The van der Waals surface area contributed by atoms with E-state index in [2.05, 4.69) is 33.2 Å². The zero-order valence-corrected chi connectivity index (χ0v) is 22.3. The number of benzene rings is 2. The minimum absolute atomic E-state index is 0.246. The van der Waals surface area contributed by atoms with Crippen LogP contribution in [-0.2, 0) is 5.41 Å². The Balaban J connectivity index is 1.39. The number of nitrogens with zero attached hydrogens (tertiary/aromatic N) is 4. The van der Waals surface area contributed by atoms with E-state index in [1.165, 1.54) is 0 Å². The lowest BCUT2D eigenvalue weighted by Gasteiger charge is -2.16. The number of hydrogen-bond donors (Lipinski definition) is 2. The van der Waals surface area contributed by atoms with Crippen LogP contribution >= 0.6 is 0 Å². The normalized spacial score (nSPS) is 12.9. The van der Waals surface area contributed by atoms with Crippen molar-refractivity contribution in [2.45, 2.75) is 45.1 Å². The molecular formula is C32H30N6O. The number of amides is 1. The highest BCUT2D eigenvalue weighted by molar-refractivity contribution is 6.04. The van der Waals surface area contributed by atoms with E-state index >= 15 is 0 Å². The summed E-state index contributed by atoms with van der Waals surface area (Å²) in [6, 6.07) is 19.6. The summed E-state index contributed by atoms with van der Waals surface area (Å²) in [5, 5.41) is 15.9. The van der Waals surface area contributed by atoms with E-state index in [-0.39, 0.29) is 5.91 Å². The Labute approximate surface area is 228 Å². The maximum atomic E-state index is 13.1. The Morgan fingerprint density at radius 3 is 2.64 bits per heavy atom. The molecule has 1 saturated carbocycles. The van der Waals surface area contributed by atoms with E-state index in [4.69, 9.17) is 4.98 Å². The van der Waals surface area contributed by atoms with Crippen LogP contribution in [-0.4, -0.2) is 26.9 Å². The second kappa shape index (κ2) is 10.5. The van der Waals surface area contributed by atoms with Crippen LogP contribution < -0.4 is 10.6 Å². The number of carbonyl (C=O) groups excluding carboxylic acids is 1. The van der Waals surface area contributed by atoms with Crippen LogP contribution in [0.15, 0.2) is 79.8 Å². The van der Waals surface area contributed by atoms with E-state index in [9.17, 15) is 10.1 Å². The van der Waals surface area contributed by atoms with E-state index in [1.807, 2.05) is 57.2 Å². The Hall–Kier alpha value is -4.83. The second-order valence-electron chi connectivity index (χ2n) is 10.4. The zero-order chi connectivity index (χ0) is 27.6. The van der Waals surface area contributed by atoms with Crippen LogP contribution in [0.1, 0.15) is 53.9 Å². The molecule has 7 nitrogen and oxygen atoms in total. The number of nitriles is 1. The number of rotatable bonds is 8. The van der Waals surface area contributed by atoms with Gasteiger partial charge in [0, 0.05) is 34.6 Å². The maximum absolute atomic E-state index is 13.1. The first-order valence-electron chi connectivity index (χ1n) is 12.9. The van der Waals surface area contributed by atoms with Crippen molar-refractivity contribution in [1.82, 2.24) is 20.3 Å². The van der Waals surface area contributed by atoms with Crippen molar-refractivity contribution < 1.29 is 4.79 Å². The molecule has 1 aliphatic rings. The number of aromatic nitrogens is 3. The summed E-state index contributed by atoms with van der Waals surface area (Å²) in [6.07, 6.45) is 7.54. The van der Waals surface area contributed by atoms with Gasteiger partial charge < -0.3 is 10.6 Å². The summed E-state index contributed by atoms with van der Waals surface area (Å²) >= 11 is 0. The van der Waals surface area contributed by atoms with Gasteiger partial charge in [-0.25, -0.2) is 4.98 Å². The highest BCUT2D eigenvalue weighted by atomic mass is 16.1. The SMILES string of the molecule is C=C(NC1CC1)c1cc(-c2cncc(-c3cc(NC(=O)c4cccc(C(C)(C)C#N)c4)ccc3C)n2)ccn1. The van der Waals surface area contributed by atoms with Gasteiger partial charge in [0.2, 0.25) is 0 Å². The average Bonchev–Trinajstić information content (AvgIpc) is 3.78. The van der Waals surface area contributed by atoms with E-state index < -0.39 is 5.41 Å². The molecule has 0 spiro atoms. The average molecular weight is 515 g/mol. The summed E-state index contributed by atoms with van der Waals surface area (Å²) in [6.45, 7) is 9.80. The van der Waals surface area contributed by atoms with Gasteiger partial charge in [0.1, 0.15) is 0 Å². The zero-order valence-electron chi connectivity index (χ0n) is 22.3. The molecule has 1 amide bonds. The lowest BCUT2D eigenvalue weighted by atomic mass is 9.85. The third-order valence-corrected chi connectivity index (χ3v) is 6.85. The van der Waals surface area contributed by atoms with Crippen molar-refractivity contribution in [3.8, 4) is 28.6 Å². The summed E-state index contributed by atoms with van der Waals surface area (Å²) < 4.78 is 0. The first-order chi connectivity index (χ1) is 18.7. The second-order valence-corrected chi connectivity index (χ2v) is 10.4. The molecule has 2 heterocycles. The molecule has 7 heteroatoms. The van der Waals surface area contributed by atoms with Crippen LogP contribution in [0.4, 0.5) is 5.69 Å². The highest BCUT2D eigenvalue weighted by Crippen LogP contribution is 2.29. The largest absolute Gasteiger partial charge is 0.381 e. The third kappa shape index (κ3) is 5.86. The van der Waals surface area contributed by atoms with Gasteiger partial charge in [-0.3, -0.25) is 14.8 Å². The van der Waals surface area contributed by atoms with Crippen molar-refractivity contribution >= 4 is 17.3 Å². The van der Waals surface area contributed by atoms with Gasteiger partial charge in [-0.05, 0) is 81.1 Å². The molecule has 0 saturated heterocycles. The van der Waals surface area contributed by atoms with Crippen LogP contribution in [0.2, 0.25) is 0 Å². The van der Waals surface area contributed by atoms with E-state index in [0.29, 0.717) is 23.0 Å². The fourth-order valence-electron chi connectivity index (χ4n) is 4.23. The number of hydrogen-bond acceptors (Lipinski definition) is 6. The molecule has 2 aromatic carbocycles. The highest BCUT2D eigenvalue weighted by Gasteiger charge is 2.22. The summed E-state index contributed by atoms with van der Waals surface area (Å²) in [4.78, 5) is 26.9. The number of nitrogens with one attached hydrogen (secondary N) is 2. The molecule has 4 aromatic rings. The molecule has 0 radical (unpaired) electrons. The Kier molecular flexibility index (Phi) is 6.95. The number of carbonyl (C=O) groups is 1. The fourth-order valence-corrected chi connectivity index (χ4v) is 4.23. The van der Waals surface area contributed by atoms with Crippen molar-refractivity contribution in [2.24, 2.45) is 0 Å². The lowest BCUT2D eigenvalue weighted by molar-refractivity contribution is 0.102. The molecule has 0 unspecified atom stereocenters. The first kappa shape index (κ1) is 25.8. The van der Waals surface area contributed by atoms with Crippen LogP contribution in [0.25, 0.3) is 28.2 Å². The van der Waals surface area contributed by atoms with Crippen molar-refractivity contribution in [3.05, 3.63) is 102 Å². The Bertz CT molecular complexity index is 1610.